The van der Waals surface area contributed by atoms with E-state index >= 15 is 0 Å². The van der Waals surface area contributed by atoms with Crippen molar-refractivity contribution in [2.45, 2.75) is 6.42 Å². The number of ether oxygens (including phenoxy) is 1. The van der Waals surface area contributed by atoms with E-state index in [0.29, 0.717) is 23.6 Å². The fourth-order valence-corrected chi connectivity index (χ4v) is 3.78. The number of methoxy groups -OCH3 is 1. The van der Waals surface area contributed by atoms with Gasteiger partial charge in [-0.1, -0.05) is 17.7 Å². The van der Waals surface area contributed by atoms with Gasteiger partial charge in [-0.25, -0.2) is 9.78 Å². The molecule has 0 amide bonds. The lowest BCUT2D eigenvalue weighted by Crippen LogP contribution is -1.97. The molecule has 4 rings (SSSR count). The second-order valence-electron chi connectivity index (χ2n) is 5.59. The third-order valence-electron chi connectivity index (χ3n) is 3.86. The predicted octanol–water partition coefficient (Wildman–Crippen LogP) is 4.30. The number of hydrogen-bond acceptors (Lipinski definition) is 7. The minimum Gasteiger partial charge on any atom is -0.494 e. The highest BCUT2D eigenvalue weighted by Crippen LogP contribution is 2.31. The van der Waals surface area contributed by atoms with Crippen LogP contribution >= 0.6 is 22.9 Å². The van der Waals surface area contributed by atoms with E-state index in [0.717, 1.165) is 15.2 Å². The first-order valence-electron chi connectivity index (χ1n) is 7.83. The average Bonchev–Trinajstić information content (AvgIpc) is 3.28. The van der Waals surface area contributed by atoms with Crippen LogP contribution in [0.25, 0.3) is 21.7 Å². The Morgan fingerprint density at radius 2 is 2.15 bits per heavy atom. The molecule has 2 aromatic carbocycles. The number of carboxylic acid groups (broad SMARTS) is 1. The lowest BCUT2D eigenvalue weighted by molar-refractivity contribution is 0.0697. The predicted molar refractivity (Wildman–Crippen MR) is 101 cm³/mol. The summed E-state index contributed by atoms with van der Waals surface area (Å²) in [6.45, 7) is 0. The average molecular weight is 402 g/mol. The minimum absolute atomic E-state index is 0.0211. The number of thiazole rings is 1. The number of carboxylic acids is 1. The van der Waals surface area contributed by atoms with Gasteiger partial charge in [-0.15, -0.1) is 21.5 Å². The highest BCUT2D eigenvalue weighted by molar-refractivity contribution is 7.18. The largest absolute Gasteiger partial charge is 0.494 e. The van der Waals surface area contributed by atoms with Gasteiger partial charge in [-0.05, 0) is 30.3 Å². The molecule has 0 bridgehead atoms. The number of nitrogens with zero attached hydrogens (tertiary/aromatic N) is 3. The van der Waals surface area contributed by atoms with Crippen LogP contribution in [-0.2, 0) is 6.42 Å². The monoisotopic (exact) mass is 401 g/mol. The molecule has 2 aromatic heterocycles. The molecule has 1 N–H and O–H groups in total. The quantitative estimate of drug-likeness (QED) is 0.532. The van der Waals surface area contributed by atoms with Crippen molar-refractivity contribution in [1.29, 1.82) is 0 Å². The Hall–Kier alpha value is -2.97. The Balaban J connectivity index is 1.62. The van der Waals surface area contributed by atoms with Crippen LogP contribution in [0.4, 0.5) is 0 Å². The van der Waals surface area contributed by atoms with Crippen molar-refractivity contribution in [2.24, 2.45) is 0 Å². The second kappa shape index (κ2) is 6.98. The second-order valence-corrected chi connectivity index (χ2v) is 7.11. The molecule has 0 aliphatic carbocycles. The lowest BCUT2D eigenvalue weighted by atomic mass is 10.1. The maximum absolute atomic E-state index is 11.2. The molecule has 0 saturated heterocycles. The topological polar surface area (TPSA) is 98.3 Å². The molecule has 0 aliphatic rings. The summed E-state index contributed by atoms with van der Waals surface area (Å²) < 4.78 is 12.0. The van der Waals surface area contributed by atoms with Gasteiger partial charge in [0.25, 0.3) is 0 Å². The molecule has 4 aromatic rings. The van der Waals surface area contributed by atoms with E-state index in [1.807, 2.05) is 18.2 Å². The van der Waals surface area contributed by atoms with Crippen molar-refractivity contribution in [3.8, 4) is 17.2 Å². The van der Waals surface area contributed by atoms with Crippen LogP contribution in [0.15, 0.2) is 40.8 Å². The van der Waals surface area contributed by atoms with Gasteiger partial charge in [-0.3, -0.25) is 0 Å². The van der Waals surface area contributed by atoms with Crippen molar-refractivity contribution < 1.29 is 19.1 Å². The number of benzene rings is 2. The van der Waals surface area contributed by atoms with Crippen LogP contribution in [0, 0.1) is 0 Å². The molecule has 2 heterocycles. The van der Waals surface area contributed by atoms with Crippen LogP contribution in [0.1, 0.15) is 21.3 Å². The van der Waals surface area contributed by atoms with Crippen LogP contribution in [0.5, 0.6) is 5.75 Å². The Morgan fingerprint density at radius 1 is 1.30 bits per heavy atom. The molecule has 136 valence electrons. The Morgan fingerprint density at radius 3 is 2.93 bits per heavy atom. The van der Waals surface area contributed by atoms with E-state index in [1.54, 1.807) is 13.2 Å². The Labute approximate surface area is 162 Å². The van der Waals surface area contributed by atoms with Gasteiger partial charge < -0.3 is 14.3 Å². The molecule has 9 heteroatoms. The number of aromatic nitrogens is 3. The van der Waals surface area contributed by atoms with Gasteiger partial charge in [0.15, 0.2) is 0 Å². The molecule has 0 fully saturated rings. The standard InChI is InChI=1S/C18H12ClN3O4S/c1-25-12-3-2-4-13-16(12)20-15(27-13)8-14-21-22-17(26-14)9-5-6-11(19)10(7-9)18(23)24/h2-7H,8H2,1H3,(H,23,24). The zero-order valence-corrected chi connectivity index (χ0v) is 15.5. The van der Waals surface area contributed by atoms with Gasteiger partial charge in [-0.2, -0.15) is 0 Å². The summed E-state index contributed by atoms with van der Waals surface area (Å²) in [4.78, 5) is 15.8. The van der Waals surface area contributed by atoms with Crippen molar-refractivity contribution >= 4 is 39.1 Å². The van der Waals surface area contributed by atoms with E-state index in [4.69, 9.17) is 20.8 Å². The Kier molecular flexibility index (Phi) is 4.51. The van der Waals surface area contributed by atoms with Gasteiger partial charge >= 0.3 is 5.97 Å². The van der Waals surface area contributed by atoms with Crippen LogP contribution in [-0.4, -0.2) is 33.4 Å². The number of carbonyl (C=O) groups is 1. The summed E-state index contributed by atoms with van der Waals surface area (Å²) in [6, 6.07) is 10.3. The number of fused-ring (bicyclic) bond motifs is 1. The zero-order chi connectivity index (χ0) is 19.0. The van der Waals surface area contributed by atoms with E-state index in [1.165, 1.54) is 23.5 Å². The summed E-state index contributed by atoms with van der Waals surface area (Å²) in [5.74, 6) is 0.200. The summed E-state index contributed by atoms with van der Waals surface area (Å²) in [6.07, 6.45) is 0.370. The molecule has 0 atom stereocenters. The first kappa shape index (κ1) is 17.4. The van der Waals surface area contributed by atoms with Crippen molar-refractivity contribution in [1.82, 2.24) is 15.2 Å². The van der Waals surface area contributed by atoms with Gasteiger partial charge in [0.2, 0.25) is 11.8 Å². The number of rotatable bonds is 5. The van der Waals surface area contributed by atoms with Crippen LogP contribution in [0.2, 0.25) is 5.02 Å². The first-order valence-corrected chi connectivity index (χ1v) is 9.02. The van der Waals surface area contributed by atoms with E-state index in [9.17, 15) is 9.90 Å². The third-order valence-corrected chi connectivity index (χ3v) is 5.21. The molecular weight excluding hydrogens is 390 g/mol. The van der Waals surface area contributed by atoms with Crippen molar-refractivity contribution in [2.75, 3.05) is 7.11 Å². The third kappa shape index (κ3) is 3.36. The van der Waals surface area contributed by atoms with Crippen molar-refractivity contribution in [3.05, 3.63) is 57.9 Å². The number of halogens is 1. The van der Waals surface area contributed by atoms with E-state index in [2.05, 4.69) is 15.2 Å². The fourth-order valence-electron chi connectivity index (χ4n) is 2.60. The van der Waals surface area contributed by atoms with Crippen molar-refractivity contribution in [3.63, 3.8) is 0 Å². The summed E-state index contributed by atoms with van der Waals surface area (Å²) in [7, 11) is 1.61. The number of hydrogen-bond donors (Lipinski definition) is 1. The van der Waals surface area contributed by atoms with E-state index < -0.39 is 5.97 Å². The molecule has 0 radical (unpaired) electrons. The molecule has 0 saturated carbocycles. The normalized spacial score (nSPS) is 11.0. The highest BCUT2D eigenvalue weighted by Gasteiger charge is 2.16. The van der Waals surface area contributed by atoms with Gasteiger partial charge in [0, 0.05) is 5.56 Å². The number of aromatic carboxylic acids is 1. The summed E-state index contributed by atoms with van der Waals surface area (Å²) in [5, 5.41) is 18.2. The van der Waals surface area contributed by atoms with Gasteiger partial charge in [0.05, 0.1) is 28.8 Å². The zero-order valence-electron chi connectivity index (χ0n) is 14.0. The SMILES string of the molecule is COc1cccc2sc(Cc3nnc(-c4ccc(Cl)c(C(=O)O)c4)o3)nc12. The summed E-state index contributed by atoms with van der Waals surface area (Å²) >= 11 is 7.41. The summed E-state index contributed by atoms with van der Waals surface area (Å²) in [5.41, 5.74) is 1.26. The molecule has 27 heavy (non-hydrogen) atoms. The first-order chi connectivity index (χ1) is 13.0. The smallest absolute Gasteiger partial charge is 0.337 e. The fraction of sp³-hybridized carbons (Fsp3) is 0.111. The minimum atomic E-state index is -1.12. The maximum atomic E-state index is 11.2. The molecule has 0 spiro atoms. The molecular formula is C18H12ClN3O4S. The number of para-hydroxylation sites is 1. The highest BCUT2D eigenvalue weighted by atomic mass is 35.5. The van der Waals surface area contributed by atoms with Crippen LogP contribution in [0.3, 0.4) is 0 Å². The maximum Gasteiger partial charge on any atom is 0.337 e. The molecule has 7 nitrogen and oxygen atoms in total. The van der Waals surface area contributed by atoms with Gasteiger partial charge in [0.1, 0.15) is 16.3 Å². The molecule has 0 aliphatic heterocycles. The molecule has 0 unspecified atom stereocenters. The van der Waals surface area contributed by atoms with Crippen LogP contribution < -0.4 is 4.74 Å². The lowest BCUT2D eigenvalue weighted by Gasteiger charge is -2.00. The van der Waals surface area contributed by atoms with E-state index in [-0.39, 0.29) is 16.5 Å². The Bertz CT molecular complexity index is 1150.